The molecule has 3 N–H and O–H groups in total. The summed E-state index contributed by atoms with van der Waals surface area (Å²) >= 11 is 0. The fraction of sp³-hybridized carbons (Fsp3) is 0.458. The molecule has 2 aromatic carbocycles. The second kappa shape index (κ2) is 10.1. The minimum Gasteiger partial charge on any atom is -0.390 e. The summed E-state index contributed by atoms with van der Waals surface area (Å²) in [4.78, 5) is 11.6. The van der Waals surface area contributed by atoms with E-state index in [1.54, 1.807) is 0 Å². The maximum absolute atomic E-state index is 13.5. The van der Waals surface area contributed by atoms with Crippen LogP contribution in [0.15, 0.2) is 36.4 Å². The number of fused-ring (bicyclic) bond motifs is 1. The van der Waals surface area contributed by atoms with E-state index in [-0.39, 0.29) is 24.9 Å². The third-order valence-corrected chi connectivity index (χ3v) is 5.74. The van der Waals surface area contributed by atoms with Gasteiger partial charge in [0.05, 0.1) is 12.1 Å². The van der Waals surface area contributed by atoms with Gasteiger partial charge < -0.3 is 15.7 Å². The van der Waals surface area contributed by atoms with Gasteiger partial charge in [0.25, 0.3) is 0 Å². The molecule has 0 unspecified atom stereocenters. The molecule has 3 rings (SSSR count). The van der Waals surface area contributed by atoms with Gasteiger partial charge in [0.2, 0.25) is 5.91 Å². The molecule has 1 aliphatic rings. The van der Waals surface area contributed by atoms with Gasteiger partial charge in [-0.25, -0.2) is 8.78 Å². The van der Waals surface area contributed by atoms with Crippen LogP contribution in [-0.2, 0) is 24.1 Å². The van der Waals surface area contributed by atoms with Gasteiger partial charge in [-0.15, -0.1) is 0 Å². The number of carbonyl (C=O) groups is 1. The summed E-state index contributed by atoms with van der Waals surface area (Å²) in [6.07, 6.45) is 3.31. The molecule has 0 bridgehead atoms. The Morgan fingerprint density at radius 3 is 2.57 bits per heavy atom. The molecule has 0 radical (unpaired) electrons. The molecule has 6 heteroatoms. The van der Waals surface area contributed by atoms with Crippen LogP contribution in [0.3, 0.4) is 0 Å². The fourth-order valence-corrected chi connectivity index (χ4v) is 4.21. The van der Waals surface area contributed by atoms with E-state index in [2.05, 4.69) is 35.8 Å². The average Bonchev–Trinajstić information content (AvgIpc) is 2.70. The Bertz CT molecular complexity index is 867. The van der Waals surface area contributed by atoms with Crippen molar-refractivity contribution in [3.63, 3.8) is 0 Å². The highest BCUT2D eigenvalue weighted by molar-refractivity contribution is 5.73. The number of hydrogen-bond acceptors (Lipinski definition) is 3. The van der Waals surface area contributed by atoms with Crippen LogP contribution in [0.1, 0.15) is 55.0 Å². The zero-order valence-corrected chi connectivity index (χ0v) is 17.6. The molecule has 0 aliphatic heterocycles. The number of benzene rings is 2. The summed E-state index contributed by atoms with van der Waals surface area (Å²) in [5.74, 6) is -1.65. The monoisotopic (exact) mass is 416 g/mol. The van der Waals surface area contributed by atoms with Crippen LogP contribution in [0.25, 0.3) is 0 Å². The van der Waals surface area contributed by atoms with E-state index in [1.807, 2.05) is 0 Å². The number of amides is 1. The predicted octanol–water partition coefficient (Wildman–Crippen LogP) is 3.60. The van der Waals surface area contributed by atoms with Gasteiger partial charge in [-0.05, 0) is 66.5 Å². The highest BCUT2D eigenvalue weighted by atomic mass is 19.1. The summed E-state index contributed by atoms with van der Waals surface area (Å²) in [5, 5.41) is 16.9. The first-order valence-corrected chi connectivity index (χ1v) is 10.6. The van der Waals surface area contributed by atoms with Gasteiger partial charge in [0.1, 0.15) is 11.6 Å². The number of halogens is 2. The van der Waals surface area contributed by atoms with E-state index in [0.717, 1.165) is 31.7 Å². The SMILES string of the molecule is CCc1ccc2c(c1)[C@H](NC[C@@H](O)[C@H](Cc1cc(F)cc(F)c1)NC(C)=O)CCC2. The van der Waals surface area contributed by atoms with Crippen LogP contribution in [-0.4, -0.2) is 29.7 Å². The molecule has 1 amide bonds. The molecule has 1 aliphatic carbocycles. The van der Waals surface area contributed by atoms with Crippen molar-refractivity contribution in [1.29, 1.82) is 0 Å². The zero-order chi connectivity index (χ0) is 21.7. The van der Waals surface area contributed by atoms with Crippen LogP contribution in [0.2, 0.25) is 0 Å². The molecule has 3 atom stereocenters. The van der Waals surface area contributed by atoms with Crippen LogP contribution in [0.4, 0.5) is 8.78 Å². The maximum Gasteiger partial charge on any atom is 0.217 e. The quantitative estimate of drug-likeness (QED) is 0.616. The van der Waals surface area contributed by atoms with Crippen molar-refractivity contribution in [1.82, 2.24) is 10.6 Å². The van der Waals surface area contributed by atoms with Crippen molar-refractivity contribution in [2.45, 2.75) is 64.1 Å². The summed E-state index contributed by atoms with van der Waals surface area (Å²) in [6.45, 7) is 3.76. The zero-order valence-electron chi connectivity index (χ0n) is 17.6. The number of rotatable bonds is 8. The Kier molecular flexibility index (Phi) is 7.56. The fourth-order valence-electron chi connectivity index (χ4n) is 4.21. The second-order valence-electron chi connectivity index (χ2n) is 8.10. The minimum atomic E-state index is -0.903. The summed E-state index contributed by atoms with van der Waals surface area (Å²) < 4.78 is 27.1. The number of hydrogen-bond donors (Lipinski definition) is 3. The molecular weight excluding hydrogens is 386 g/mol. The van der Waals surface area contributed by atoms with Crippen LogP contribution >= 0.6 is 0 Å². The second-order valence-corrected chi connectivity index (χ2v) is 8.10. The summed E-state index contributed by atoms with van der Waals surface area (Å²) in [6, 6.07) is 9.33. The molecule has 0 aromatic heterocycles. The molecule has 30 heavy (non-hydrogen) atoms. The Morgan fingerprint density at radius 2 is 1.90 bits per heavy atom. The Morgan fingerprint density at radius 1 is 1.17 bits per heavy atom. The Balaban J connectivity index is 1.69. The normalized spacial score (nSPS) is 17.8. The molecule has 0 spiro atoms. The van der Waals surface area contributed by atoms with Crippen LogP contribution in [0.5, 0.6) is 0 Å². The molecule has 0 saturated heterocycles. The van der Waals surface area contributed by atoms with E-state index >= 15 is 0 Å². The summed E-state index contributed by atoms with van der Waals surface area (Å²) in [7, 11) is 0. The van der Waals surface area contributed by atoms with Crippen molar-refractivity contribution >= 4 is 5.91 Å². The molecule has 2 aromatic rings. The van der Waals surface area contributed by atoms with Crippen LogP contribution < -0.4 is 10.6 Å². The van der Waals surface area contributed by atoms with E-state index in [0.29, 0.717) is 5.56 Å². The third kappa shape index (κ3) is 5.86. The van der Waals surface area contributed by atoms with Gasteiger partial charge in [0.15, 0.2) is 0 Å². The molecule has 0 fully saturated rings. The smallest absolute Gasteiger partial charge is 0.217 e. The van der Waals surface area contributed by atoms with Gasteiger partial charge in [0, 0.05) is 25.6 Å². The first kappa shape index (κ1) is 22.4. The topological polar surface area (TPSA) is 61.4 Å². The predicted molar refractivity (Wildman–Crippen MR) is 113 cm³/mol. The minimum absolute atomic E-state index is 0.137. The highest BCUT2D eigenvalue weighted by Gasteiger charge is 2.25. The third-order valence-electron chi connectivity index (χ3n) is 5.74. The first-order chi connectivity index (χ1) is 14.4. The number of aliphatic hydroxyl groups excluding tert-OH is 1. The number of aryl methyl sites for hydroxylation is 2. The van der Waals surface area contributed by atoms with Gasteiger partial charge >= 0.3 is 0 Å². The van der Waals surface area contributed by atoms with E-state index < -0.39 is 23.8 Å². The highest BCUT2D eigenvalue weighted by Crippen LogP contribution is 2.30. The number of aliphatic hydroxyl groups is 1. The molecule has 0 heterocycles. The lowest BCUT2D eigenvalue weighted by atomic mass is 9.86. The Labute approximate surface area is 176 Å². The summed E-state index contributed by atoms with van der Waals surface area (Å²) in [5.41, 5.74) is 4.28. The maximum atomic E-state index is 13.5. The van der Waals surface area contributed by atoms with Crippen molar-refractivity contribution < 1.29 is 18.7 Å². The van der Waals surface area contributed by atoms with Crippen molar-refractivity contribution in [3.8, 4) is 0 Å². The average molecular weight is 417 g/mol. The van der Waals surface area contributed by atoms with Crippen LogP contribution in [0, 0.1) is 11.6 Å². The van der Waals surface area contributed by atoms with Gasteiger partial charge in [-0.2, -0.15) is 0 Å². The molecule has 162 valence electrons. The van der Waals surface area contributed by atoms with Crippen molar-refractivity contribution in [3.05, 3.63) is 70.3 Å². The van der Waals surface area contributed by atoms with Crippen molar-refractivity contribution in [2.75, 3.05) is 6.54 Å². The first-order valence-electron chi connectivity index (χ1n) is 10.6. The number of carbonyl (C=O) groups excluding carboxylic acids is 1. The van der Waals surface area contributed by atoms with Gasteiger partial charge in [-0.3, -0.25) is 4.79 Å². The number of nitrogens with one attached hydrogen (secondary N) is 2. The Hall–Kier alpha value is -2.31. The van der Waals surface area contributed by atoms with Gasteiger partial charge in [-0.1, -0.05) is 25.1 Å². The molecule has 0 saturated carbocycles. The van der Waals surface area contributed by atoms with E-state index in [9.17, 15) is 18.7 Å². The molecule has 4 nitrogen and oxygen atoms in total. The van der Waals surface area contributed by atoms with Crippen molar-refractivity contribution in [2.24, 2.45) is 0 Å². The lowest BCUT2D eigenvalue weighted by molar-refractivity contribution is -0.120. The lowest BCUT2D eigenvalue weighted by Crippen LogP contribution is -2.48. The van der Waals surface area contributed by atoms with E-state index in [4.69, 9.17) is 0 Å². The molecular formula is C24H30F2N2O2. The largest absolute Gasteiger partial charge is 0.390 e. The standard InChI is InChI=1S/C24H30F2N2O2/c1-3-16-7-8-18-5-4-6-22(21(18)11-16)27-14-24(30)23(28-15(2)29)12-17-9-19(25)13-20(26)10-17/h7-11,13,22-24,27,30H,3-6,12,14H2,1-2H3,(H,28,29)/t22-,23+,24-/m1/s1. The lowest BCUT2D eigenvalue weighted by Gasteiger charge is -2.30. The van der Waals surface area contributed by atoms with E-state index in [1.165, 1.54) is 35.7 Å².